The molecule has 116 valence electrons. The molecule has 1 saturated heterocycles. The van der Waals surface area contributed by atoms with Gasteiger partial charge >= 0.3 is 0 Å². The van der Waals surface area contributed by atoms with E-state index in [1.54, 1.807) is 0 Å². The van der Waals surface area contributed by atoms with Crippen molar-refractivity contribution < 1.29 is 4.79 Å². The van der Waals surface area contributed by atoms with Gasteiger partial charge in [0.2, 0.25) is 0 Å². The quantitative estimate of drug-likeness (QED) is 0.836. The van der Waals surface area contributed by atoms with Crippen molar-refractivity contribution in [3.05, 3.63) is 18.0 Å². The standard InChI is InChI=1S/C17H27N3O/c1-3-13-11-18-20(12-13)15-5-7-19(8-6-15)16-9-14(10-16)17(21)4-2/h11-12,14-16H,3-10H2,1-2H3. The van der Waals surface area contributed by atoms with E-state index in [1.807, 2.05) is 13.1 Å². The second-order valence-electron chi connectivity index (χ2n) is 6.59. The van der Waals surface area contributed by atoms with Crippen molar-refractivity contribution in [2.75, 3.05) is 13.1 Å². The molecular weight excluding hydrogens is 262 g/mol. The fourth-order valence-corrected chi connectivity index (χ4v) is 3.71. The Kier molecular flexibility index (Phi) is 4.43. The van der Waals surface area contributed by atoms with Gasteiger partial charge in [-0.1, -0.05) is 13.8 Å². The van der Waals surface area contributed by atoms with Crippen LogP contribution in [-0.4, -0.2) is 39.6 Å². The van der Waals surface area contributed by atoms with Crippen molar-refractivity contribution in [2.45, 2.75) is 64.5 Å². The van der Waals surface area contributed by atoms with Gasteiger partial charge in [-0.05, 0) is 37.7 Å². The zero-order valence-electron chi connectivity index (χ0n) is 13.3. The summed E-state index contributed by atoms with van der Waals surface area (Å²) in [6.07, 6.45) is 10.5. The van der Waals surface area contributed by atoms with E-state index in [0.717, 1.165) is 32.4 Å². The molecule has 3 rings (SSSR count). The average Bonchev–Trinajstić information content (AvgIpc) is 2.95. The monoisotopic (exact) mass is 289 g/mol. The van der Waals surface area contributed by atoms with Gasteiger partial charge in [0.05, 0.1) is 12.2 Å². The van der Waals surface area contributed by atoms with Gasteiger partial charge in [0.15, 0.2) is 0 Å². The van der Waals surface area contributed by atoms with E-state index < -0.39 is 0 Å². The first-order valence-electron chi connectivity index (χ1n) is 8.51. The van der Waals surface area contributed by atoms with Crippen molar-refractivity contribution >= 4 is 5.78 Å². The lowest BCUT2D eigenvalue weighted by Gasteiger charge is -2.45. The molecule has 4 nitrogen and oxygen atoms in total. The molecule has 1 aliphatic carbocycles. The van der Waals surface area contributed by atoms with Gasteiger partial charge in [0.25, 0.3) is 0 Å². The SMILES string of the molecule is CCC(=O)C1CC(N2CCC(n3cc(CC)cn3)CC2)C1. The number of aryl methyl sites for hydroxylation is 1. The van der Waals surface area contributed by atoms with Crippen LogP contribution < -0.4 is 0 Å². The average molecular weight is 289 g/mol. The second-order valence-corrected chi connectivity index (χ2v) is 6.59. The van der Waals surface area contributed by atoms with Crippen LogP contribution in [0.4, 0.5) is 0 Å². The van der Waals surface area contributed by atoms with Crippen LogP contribution in [0.25, 0.3) is 0 Å². The van der Waals surface area contributed by atoms with Crippen molar-refractivity contribution in [1.29, 1.82) is 0 Å². The number of carbonyl (C=O) groups excluding carboxylic acids is 1. The van der Waals surface area contributed by atoms with E-state index in [4.69, 9.17) is 0 Å². The van der Waals surface area contributed by atoms with Gasteiger partial charge < -0.3 is 4.90 Å². The molecule has 1 aromatic rings. The lowest BCUT2D eigenvalue weighted by Crippen LogP contribution is -2.50. The number of hydrogen-bond donors (Lipinski definition) is 0. The number of hydrogen-bond acceptors (Lipinski definition) is 3. The van der Waals surface area contributed by atoms with E-state index in [0.29, 0.717) is 30.2 Å². The summed E-state index contributed by atoms with van der Waals surface area (Å²) < 4.78 is 2.17. The van der Waals surface area contributed by atoms with Crippen LogP contribution in [0.2, 0.25) is 0 Å². The lowest BCUT2D eigenvalue weighted by atomic mass is 9.75. The topological polar surface area (TPSA) is 38.1 Å². The number of carbonyl (C=O) groups is 1. The van der Waals surface area contributed by atoms with E-state index in [2.05, 4.69) is 27.8 Å². The van der Waals surface area contributed by atoms with Crippen LogP contribution in [0.3, 0.4) is 0 Å². The minimum absolute atomic E-state index is 0.357. The highest BCUT2D eigenvalue weighted by Crippen LogP contribution is 2.35. The number of rotatable bonds is 5. The number of likely N-dealkylation sites (tertiary alicyclic amines) is 1. The van der Waals surface area contributed by atoms with Crippen LogP contribution in [-0.2, 0) is 11.2 Å². The predicted octanol–water partition coefficient (Wildman–Crippen LogP) is 2.84. The maximum absolute atomic E-state index is 11.7. The first-order chi connectivity index (χ1) is 10.2. The lowest BCUT2D eigenvalue weighted by molar-refractivity contribution is -0.127. The summed E-state index contributed by atoms with van der Waals surface area (Å²) >= 11 is 0. The number of Topliss-reactive ketones (excluding diaryl/α,β-unsaturated/α-hetero) is 1. The highest BCUT2D eigenvalue weighted by molar-refractivity contribution is 5.81. The van der Waals surface area contributed by atoms with E-state index in [1.165, 1.54) is 18.4 Å². The molecule has 4 heteroatoms. The minimum Gasteiger partial charge on any atom is -0.300 e. The Morgan fingerprint density at radius 2 is 1.95 bits per heavy atom. The zero-order valence-corrected chi connectivity index (χ0v) is 13.3. The Balaban J connectivity index is 1.47. The van der Waals surface area contributed by atoms with Crippen molar-refractivity contribution in [2.24, 2.45) is 5.92 Å². The molecule has 1 aromatic heterocycles. The molecule has 0 aromatic carbocycles. The van der Waals surface area contributed by atoms with Crippen molar-refractivity contribution in [1.82, 2.24) is 14.7 Å². The van der Waals surface area contributed by atoms with Gasteiger partial charge in [-0.2, -0.15) is 5.10 Å². The largest absolute Gasteiger partial charge is 0.300 e. The first-order valence-corrected chi connectivity index (χ1v) is 8.51. The van der Waals surface area contributed by atoms with E-state index >= 15 is 0 Å². The third kappa shape index (κ3) is 3.05. The van der Waals surface area contributed by atoms with Gasteiger partial charge in [-0.25, -0.2) is 0 Å². The Morgan fingerprint density at radius 3 is 2.52 bits per heavy atom. The molecule has 0 unspecified atom stereocenters. The third-order valence-electron chi connectivity index (χ3n) is 5.37. The molecule has 0 amide bonds. The highest BCUT2D eigenvalue weighted by Gasteiger charge is 2.38. The van der Waals surface area contributed by atoms with Crippen LogP contribution in [0.1, 0.15) is 57.6 Å². The van der Waals surface area contributed by atoms with Crippen LogP contribution in [0.15, 0.2) is 12.4 Å². The Labute approximate surface area is 127 Å². The molecule has 2 fully saturated rings. The second kappa shape index (κ2) is 6.30. The van der Waals surface area contributed by atoms with Crippen LogP contribution in [0.5, 0.6) is 0 Å². The Hall–Kier alpha value is -1.16. The van der Waals surface area contributed by atoms with Gasteiger partial charge in [-0.3, -0.25) is 9.48 Å². The van der Waals surface area contributed by atoms with Crippen LogP contribution >= 0.6 is 0 Å². The summed E-state index contributed by atoms with van der Waals surface area (Å²) in [7, 11) is 0. The summed E-state index contributed by atoms with van der Waals surface area (Å²) in [6, 6.07) is 1.23. The molecule has 0 spiro atoms. The summed E-state index contributed by atoms with van der Waals surface area (Å²) in [6.45, 7) is 6.47. The highest BCUT2D eigenvalue weighted by atomic mass is 16.1. The molecule has 1 saturated carbocycles. The first kappa shape index (κ1) is 14.8. The fraction of sp³-hybridized carbons (Fsp3) is 0.765. The normalized spacial score (nSPS) is 27.5. The Bertz CT molecular complexity index is 482. The maximum atomic E-state index is 11.7. The maximum Gasteiger partial charge on any atom is 0.135 e. The number of nitrogens with zero attached hydrogens (tertiary/aromatic N) is 3. The zero-order chi connectivity index (χ0) is 14.8. The van der Waals surface area contributed by atoms with Gasteiger partial charge in [0.1, 0.15) is 5.78 Å². The molecule has 2 aliphatic rings. The molecule has 21 heavy (non-hydrogen) atoms. The summed E-state index contributed by atoms with van der Waals surface area (Å²) in [5, 5.41) is 4.51. The van der Waals surface area contributed by atoms with Crippen molar-refractivity contribution in [3.8, 4) is 0 Å². The van der Waals surface area contributed by atoms with Crippen LogP contribution in [0, 0.1) is 5.92 Å². The number of piperidine rings is 1. The smallest absolute Gasteiger partial charge is 0.135 e. The molecular formula is C17H27N3O. The number of aromatic nitrogens is 2. The molecule has 1 aliphatic heterocycles. The fourth-order valence-electron chi connectivity index (χ4n) is 3.71. The van der Waals surface area contributed by atoms with E-state index in [9.17, 15) is 4.79 Å². The van der Waals surface area contributed by atoms with Gasteiger partial charge in [0, 0.05) is 37.7 Å². The number of ketones is 1. The summed E-state index contributed by atoms with van der Waals surface area (Å²) in [5.41, 5.74) is 1.33. The summed E-state index contributed by atoms with van der Waals surface area (Å²) in [4.78, 5) is 14.3. The minimum atomic E-state index is 0.357. The van der Waals surface area contributed by atoms with Gasteiger partial charge in [-0.15, -0.1) is 0 Å². The molecule has 0 radical (unpaired) electrons. The predicted molar refractivity (Wildman–Crippen MR) is 83.3 cm³/mol. The molecule has 2 heterocycles. The third-order valence-corrected chi connectivity index (χ3v) is 5.37. The Morgan fingerprint density at radius 1 is 1.24 bits per heavy atom. The molecule has 0 N–H and O–H groups in total. The van der Waals surface area contributed by atoms with Crippen molar-refractivity contribution in [3.63, 3.8) is 0 Å². The summed E-state index contributed by atoms with van der Waals surface area (Å²) in [5.74, 6) is 0.820. The molecule has 0 atom stereocenters. The van der Waals surface area contributed by atoms with E-state index in [-0.39, 0.29) is 0 Å². The molecule has 0 bridgehead atoms.